The van der Waals surface area contributed by atoms with Gasteiger partial charge < -0.3 is 11.5 Å². The highest BCUT2D eigenvalue weighted by atomic mass is 16.2. The minimum Gasteiger partial charge on any atom is -0.369 e. The first kappa shape index (κ1) is 12.2. The second kappa shape index (κ2) is 5.87. The van der Waals surface area contributed by atoms with Crippen LogP contribution in [0.2, 0.25) is 0 Å². The molecule has 0 radical (unpaired) electrons. The number of rotatable bonds is 6. The summed E-state index contributed by atoms with van der Waals surface area (Å²) in [7, 11) is 0. The van der Waals surface area contributed by atoms with Crippen molar-refractivity contribution in [3.05, 3.63) is 35.9 Å². The van der Waals surface area contributed by atoms with Gasteiger partial charge in [-0.1, -0.05) is 30.3 Å². The Hall–Kier alpha value is -1.88. The van der Waals surface area contributed by atoms with E-state index in [0.717, 1.165) is 5.56 Å². The van der Waals surface area contributed by atoms with Gasteiger partial charge in [0.1, 0.15) is 0 Å². The van der Waals surface area contributed by atoms with E-state index in [4.69, 9.17) is 11.5 Å². The molecule has 1 aromatic rings. The molecule has 5 nitrogen and oxygen atoms in total. The van der Waals surface area contributed by atoms with Crippen molar-refractivity contribution in [1.29, 1.82) is 0 Å². The quantitative estimate of drug-likeness (QED) is 0.676. The van der Waals surface area contributed by atoms with Gasteiger partial charge in [-0.05, 0) is 5.56 Å². The van der Waals surface area contributed by atoms with Gasteiger partial charge in [0, 0.05) is 6.54 Å². The Bertz CT molecular complexity index is 349. The van der Waals surface area contributed by atoms with Gasteiger partial charge in [-0.25, -0.2) is 0 Å². The third kappa shape index (κ3) is 4.56. The van der Waals surface area contributed by atoms with Gasteiger partial charge in [-0.3, -0.25) is 14.5 Å². The van der Waals surface area contributed by atoms with Crippen molar-refractivity contribution in [3.63, 3.8) is 0 Å². The number of benzene rings is 1. The van der Waals surface area contributed by atoms with Crippen molar-refractivity contribution < 1.29 is 9.59 Å². The van der Waals surface area contributed by atoms with E-state index >= 15 is 0 Å². The number of carbonyl (C=O) groups is 2. The molecule has 0 spiro atoms. The molecule has 0 aliphatic rings. The van der Waals surface area contributed by atoms with Crippen molar-refractivity contribution in [1.82, 2.24) is 4.90 Å². The predicted molar refractivity (Wildman–Crippen MR) is 60.1 cm³/mol. The fourth-order valence-electron chi connectivity index (χ4n) is 1.45. The van der Waals surface area contributed by atoms with E-state index in [9.17, 15) is 9.59 Å². The summed E-state index contributed by atoms with van der Waals surface area (Å²) < 4.78 is 0. The van der Waals surface area contributed by atoms with Crippen LogP contribution in [-0.4, -0.2) is 29.8 Å². The van der Waals surface area contributed by atoms with Crippen molar-refractivity contribution in [2.75, 3.05) is 13.1 Å². The number of amides is 2. The zero-order valence-corrected chi connectivity index (χ0v) is 8.93. The lowest BCUT2D eigenvalue weighted by Crippen LogP contribution is -2.39. The highest BCUT2D eigenvalue weighted by molar-refractivity contribution is 5.79. The standard InChI is InChI=1S/C11H15N3O2/c12-10(15)7-14(8-11(13)16)6-9-4-2-1-3-5-9/h1-5H,6-8H2,(H2,12,15)(H2,13,16). The lowest BCUT2D eigenvalue weighted by Gasteiger charge is -2.18. The van der Waals surface area contributed by atoms with E-state index in [1.54, 1.807) is 4.90 Å². The summed E-state index contributed by atoms with van der Waals surface area (Å²) in [4.78, 5) is 23.2. The minimum atomic E-state index is -0.475. The summed E-state index contributed by atoms with van der Waals surface area (Å²) in [6.07, 6.45) is 0. The molecule has 16 heavy (non-hydrogen) atoms. The second-order valence-electron chi connectivity index (χ2n) is 3.56. The normalized spacial score (nSPS) is 10.3. The third-order valence-electron chi connectivity index (χ3n) is 2.01. The lowest BCUT2D eigenvalue weighted by molar-refractivity contribution is -0.122. The molecule has 1 aromatic carbocycles. The van der Waals surface area contributed by atoms with Crippen LogP contribution in [0.3, 0.4) is 0 Å². The summed E-state index contributed by atoms with van der Waals surface area (Å²) in [5.74, 6) is -0.950. The van der Waals surface area contributed by atoms with Crippen LogP contribution in [0.5, 0.6) is 0 Å². The molecule has 0 unspecified atom stereocenters. The maximum Gasteiger partial charge on any atom is 0.231 e. The molecule has 0 heterocycles. The summed E-state index contributed by atoms with van der Waals surface area (Å²) in [6.45, 7) is 0.530. The van der Waals surface area contributed by atoms with Crippen LogP contribution in [-0.2, 0) is 16.1 Å². The Kier molecular flexibility index (Phi) is 4.47. The van der Waals surface area contributed by atoms with Crippen LogP contribution in [0.4, 0.5) is 0 Å². The maximum absolute atomic E-state index is 10.8. The fourth-order valence-corrected chi connectivity index (χ4v) is 1.45. The van der Waals surface area contributed by atoms with Gasteiger partial charge in [0.25, 0.3) is 0 Å². The highest BCUT2D eigenvalue weighted by Crippen LogP contribution is 2.03. The molecule has 0 aliphatic heterocycles. The Morgan fingerprint density at radius 3 is 1.94 bits per heavy atom. The number of nitrogens with two attached hydrogens (primary N) is 2. The van der Waals surface area contributed by atoms with Crippen LogP contribution < -0.4 is 11.5 Å². The van der Waals surface area contributed by atoms with Crippen molar-refractivity contribution in [2.45, 2.75) is 6.54 Å². The topological polar surface area (TPSA) is 89.4 Å². The Morgan fingerprint density at radius 1 is 1.00 bits per heavy atom. The number of nitrogens with zero attached hydrogens (tertiary/aromatic N) is 1. The van der Waals surface area contributed by atoms with Crippen molar-refractivity contribution in [2.24, 2.45) is 11.5 Å². The van der Waals surface area contributed by atoms with Gasteiger partial charge in [-0.15, -0.1) is 0 Å². The van der Waals surface area contributed by atoms with E-state index < -0.39 is 11.8 Å². The maximum atomic E-state index is 10.8. The smallest absolute Gasteiger partial charge is 0.231 e. The molecule has 0 saturated heterocycles. The molecule has 5 heteroatoms. The highest BCUT2D eigenvalue weighted by Gasteiger charge is 2.11. The van der Waals surface area contributed by atoms with Crippen LogP contribution in [0.25, 0.3) is 0 Å². The molecule has 0 fully saturated rings. The fraction of sp³-hybridized carbons (Fsp3) is 0.273. The summed E-state index contributed by atoms with van der Waals surface area (Å²) in [6, 6.07) is 9.50. The second-order valence-corrected chi connectivity index (χ2v) is 3.56. The van der Waals surface area contributed by atoms with Gasteiger partial charge in [0.2, 0.25) is 11.8 Å². The Balaban J connectivity index is 2.63. The largest absolute Gasteiger partial charge is 0.369 e. The summed E-state index contributed by atoms with van der Waals surface area (Å²) >= 11 is 0. The molecular weight excluding hydrogens is 206 g/mol. The molecule has 1 rings (SSSR count). The average Bonchev–Trinajstić information content (AvgIpc) is 2.16. The van der Waals surface area contributed by atoms with Crippen LogP contribution in [0.1, 0.15) is 5.56 Å². The van der Waals surface area contributed by atoms with Crippen LogP contribution in [0, 0.1) is 0 Å². The molecule has 86 valence electrons. The van der Waals surface area contributed by atoms with Crippen LogP contribution >= 0.6 is 0 Å². The first-order chi connectivity index (χ1) is 7.58. The zero-order valence-electron chi connectivity index (χ0n) is 8.93. The van der Waals surface area contributed by atoms with E-state index in [2.05, 4.69) is 0 Å². The number of carbonyl (C=O) groups excluding carboxylic acids is 2. The molecule has 0 aromatic heterocycles. The Labute approximate surface area is 94.0 Å². The van der Waals surface area contributed by atoms with E-state index in [0.29, 0.717) is 6.54 Å². The molecule has 2 amide bonds. The van der Waals surface area contributed by atoms with Crippen molar-refractivity contribution >= 4 is 11.8 Å². The zero-order chi connectivity index (χ0) is 12.0. The molecule has 0 aliphatic carbocycles. The third-order valence-corrected chi connectivity index (χ3v) is 2.01. The summed E-state index contributed by atoms with van der Waals surface area (Å²) in [5.41, 5.74) is 11.2. The molecule has 0 saturated carbocycles. The Morgan fingerprint density at radius 2 is 1.50 bits per heavy atom. The molecular formula is C11H15N3O2. The average molecular weight is 221 g/mol. The summed E-state index contributed by atoms with van der Waals surface area (Å²) in [5, 5.41) is 0. The van der Waals surface area contributed by atoms with Gasteiger partial charge in [-0.2, -0.15) is 0 Å². The number of hydrogen-bond acceptors (Lipinski definition) is 3. The number of hydrogen-bond donors (Lipinski definition) is 2. The number of primary amides is 2. The van der Waals surface area contributed by atoms with E-state index in [1.165, 1.54) is 0 Å². The van der Waals surface area contributed by atoms with E-state index in [1.807, 2.05) is 30.3 Å². The van der Waals surface area contributed by atoms with E-state index in [-0.39, 0.29) is 13.1 Å². The van der Waals surface area contributed by atoms with Crippen molar-refractivity contribution in [3.8, 4) is 0 Å². The molecule has 0 bridgehead atoms. The first-order valence-electron chi connectivity index (χ1n) is 4.91. The first-order valence-corrected chi connectivity index (χ1v) is 4.91. The molecule has 4 N–H and O–H groups in total. The minimum absolute atomic E-state index is 0.0256. The van der Waals surface area contributed by atoms with Gasteiger partial charge in [0.05, 0.1) is 13.1 Å². The van der Waals surface area contributed by atoms with Gasteiger partial charge >= 0.3 is 0 Å². The SMILES string of the molecule is NC(=O)CN(CC(N)=O)Cc1ccccc1. The molecule has 0 atom stereocenters. The predicted octanol–water partition coefficient (Wildman–Crippen LogP) is -0.541. The van der Waals surface area contributed by atoms with Gasteiger partial charge in [0.15, 0.2) is 0 Å². The monoisotopic (exact) mass is 221 g/mol. The van der Waals surface area contributed by atoms with Crippen LogP contribution in [0.15, 0.2) is 30.3 Å². The lowest BCUT2D eigenvalue weighted by atomic mass is 10.2.